The molecule has 1 amide bonds. The second kappa shape index (κ2) is 7.77. The van der Waals surface area contributed by atoms with Crippen LogP contribution in [0.4, 0.5) is 5.69 Å². The van der Waals surface area contributed by atoms with Gasteiger partial charge in [0.25, 0.3) is 5.91 Å². The predicted octanol–water partition coefficient (Wildman–Crippen LogP) is 3.97. The van der Waals surface area contributed by atoms with Gasteiger partial charge in [0.05, 0.1) is 5.56 Å². The summed E-state index contributed by atoms with van der Waals surface area (Å²) in [4.78, 5) is 24.0. The first kappa shape index (κ1) is 17.7. The molecular formula is C20H23NO3. The van der Waals surface area contributed by atoms with Gasteiger partial charge in [-0.1, -0.05) is 36.8 Å². The summed E-state index contributed by atoms with van der Waals surface area (Å²) in [5, 5.41) is 2.81. The highest BCUT2D eigenvalue weighted by Crippen LogP contribution is 2.21. The molecule has 0 fully saturated rings. The Kier molecular flexibility index (Phi) is 5.74. The number of nitrogens with one attached hydrogen (secondary N) is 1. The smallest absolute Gasteiger partial charge is 0.338 e. The van der Waals surface area contributed by atoms with Crippen LogP contribution in [0.5, 0.6) is 0 Å². The highest BCUT2D eigenvalue weighted by molar-refractivity contribution is 5.96. The van der Waals surface area contributed by atoms with Crippen LogP contribution < -0.4 is 5.32 Å². The summed E-state index contributed by atoms with van der Waals surface area (Å²) in [6.07, 6.45) is 0.910. The van der Waals surface area contributed by atoms with Crippen molar-refractivity contribution in [1.29, 1.82) is 0 Å². The summed E-state index contributed by atoms with van der Waals surface area (Å²) in [5.74, 6) is -0.839. The Morgan fingerprint density at radius 2 is 1.58 bits per heavy atom. The second-order valence-electron chi connectivity index (χ2n) is 5.95. The Labute approximate surface area is 142 Å². The first-order chi connectivity index (χ1) is 11.4. The van der Waals surface area contributed by atoms with Crippen molar-refractivity contribution in [2.24, 2.45) is 0 Å². The molecular weight excluding hydrogens is 302 g/mol. The van der Waals surface area contributed by atoms with E-state index >= 15 is 0 Å². The molecule has 0 saturated carbocycles. The van der Waals surface area contributed by atoms with Gasteiger partial charge < -0.3 is 10.1 Å². The molecule has 0 radical (unpaired) electrons. The maximum absolute atomic E-state index is 12.0. The zero-order valence-electron chi connectivity index (χ0n) is 14.6. The number of esters is 1. The van der Waals surface area contributed by atoms with Crippen LogP contribution in [-0.2, 0) is 16.0 Å². The van der Waals surface area contributed by atoms with Crippen molar-refractivity contribution in [3.05, 3.63) is 64.2 Å². The number of aryl methyl sites for hydroxylation is 4. The van der Waals surface area contributed by atoms with Gasteiger partial charge in [0.15, 0.2) is 6.61 Å². The monoisotopic (exact) mass is 325 g/mol. The topological polar surface area (TPSA) is 55.4 Å². The van der Waals surface area contributed by atoms with Gasteiger partial charge in [0.2, 0.25) is 0 Å². The van der Waals surface area contributed by atoms with Crippen molar-refractivity contribution in [2.75, 3.05) is 11.9 Å². The number of amides is 1. The molecule has 24 heavy (non-hydrogen) atoms. The van der Waals surface area contributed by atoms with Gasteiger partial charge in [-0.25, -0.2) is 4.79 Å². The van der Waals surface area contributed by atoms with E-state index in [2.05, 4.69) is 5.32 Å². The lowest BCUT2D eigenvalue weighted by Crippen LogP contribution is -2.22. The average molecular weight is 325 g/mol. The Bertz CT molecular complexity index is 725. The van der Waals surface area contributed by atoms with Crippen molar-refractivity contribution in [3.8, 4) is 0 Å². The number of rotatable bonds is 5. The molecule has 4 nitrogen and oxygen atoms in total. The SMILES string of the molecule is CCc1ccc(C(=O)OCC(=O)Nc2c(C)cc(C)cc2C)cc1. The van der Waals surface area contributed by atoms with Crippen molar-refractivity contribution < 1.29 is 14.3 Å². The van der Waals surface area contributed by atoms with Gasteiger partial charge in [0.1, 0.15) is 0 Å². The maximum Gasteiger partial charge on any atom is 0.338 e. The lowest BCUT2D eigenvalue weighted by molar-refractivity contribution is -0.119. The van der Waals surface area contributed by atoms with Crippen LogP contribution in [0.1, 0.15) is 39.5 Å². The molecule has 1 N–H and O–H groups in total. The van der Waals surface area contributed by atoms with E-state index in [1.807, 2.05) is 52.0 Å². The van der Waals surface area contributed by atoms with Crippen molar-refractivity contribution >= 4 is 17.6 Å². The van der Waals surface area contributed by atoms with E-state index in [-0.39, 0.29) is 12.5 Å². The summed E-state index contributed by atoms with van der Waals surface area (Å²) in [7, 11) is 0. The summed E-state index contributed by atoms with van der Waals surface area (Å²) in [6, 6.07) is 11.2. The molecule has 0 aromatic heterocycles. The van der Waals surface area contributed by atoms with Crippen molar-refractivity contribution in [2.45, 2.75) is 34.1 Å². The maximum atomic E-state index is 12.0. The number of benzene rings is 2. The van der Waals surface area contributed by atoms with Crippen LogP contribution in [0, 0.1) is 20.8 Å². The third-order valence-corrected chi connectivity index (χ3v) is 3.87. The van der Waals surface area contributed by atoms with Gasteiger partial charge >= 0.3 is 5.97 Å². The van der Waals surface area contributed by atoms with Gasteiger partial charge in [-0.15, -0.1) is 0 Å². The highest BCUT2D eigenvalue weighted by atomic mass is 16.5. The number of carbonyl (C=O) groups is 2. The molecule has 2 aromatic carbocycles. The van der Waals surface area contributed by atoms with Crippen molar-refractivity contribution in [3.63, 3.8) is 0 Å². The van der Waals surface area contributed by atoms with Crippen LogP contribution in [0.25, 0.3) is 0 Å². The third kappa shape index (κ3) is 4.44. The molecule has 2 aromatic rings. The van der Waals surface area contributed by atoms with E-state index in [9.17, 15) is 9.59 Å². The Morgan fingerprint density at radius 3 is 2.12 bits per heavy atom. The van der Waals surface area contributed by atoms with Crippen LogP contribution in [0.3, 0.4) is 0 Å². The van der Waals surface area contributed by atoms with Crippen LogP contribution in [0.15, 0.2) is 36.4 Å². The summed E-state index contributed by atoms with van der Waals surface area (Å²) in [5.41, 5.74) is 5.49. The fourth-order valence-corrected chi connectivity index (χ4v) is 2.64. The molecule has 0 bridgehead atoms. The van der Waals surface area contributed by atoms with Crippen molar-refractivity contribution in [1.82, 2.24) is 0 Å². The summed E-state index contributed by atoms with van der Waals surface area (Å²) >= 11 is 0. The van der Waals surface area contributed by atoms with E-state index in [4.69, 9.17) is 4.74 Å². The van der Waals surface area contributed by atoms with Gasteiger partial charge in [-0.05, 0) is 56.0 Å². The van der Waals surface area contributed by atoms with E-state index in [1.165, 1.54) is 0 Å². The molecule has 0 aliphatic heterocycles. The first-order valence-electron chi connectivity index (χ1n) is 8.04. The third-order valence-electron chi connectivity index (χ3n) is 3.87. The Balaban J connectivity index is 1.94. The molecule has 0 aliphatic rings. The molecule has 0 heterocycles. The van der Waals surface area contributed by atoms with E-state index in [1.54, 1.807) is 12.1 Å². The number of anilines is 1. The predicted molar refractivity (Wildman–Crippen MR) is 95.4 cm³/mol. The largest absolute Gasteiger partial charge is 0.452 e. The molecule has 0 aliphatic carbocycles. The summed E-state index contributed by atoms with van der Waals surface area (Å²) in [6.45, 7) is 7.64. The minimum absolute atomic E-state index is 0.304. The number of carbonyl (C=O) groups excluding carboxylic acids is 2. The quantitative estimate of drug-likeness (QED) is 0.846. The zero-order chi connectivity index (χ0) is 17.7. The Hall–Kier alpha value is -2.62. The van der Waals surface area contributed by atoms with E-state index in [0.717, 1.165) is 34.4 Å². The first-order valence-corrected chi connectivity index (χ1v) is 8.04. The Morgan fingerprint density at radius 1 is 1.00 bits per heavy atom. The number of hydrogen-bond acceptors (Lipinski definition) is 3. The normalized spacial score (nSPS) is 10.3. The molecule has 4 heteroatoms. The number of ether oxygens (including phenoxy) is 1. The van der Waals surface area contributed by atoms with Gasteiger partial charge in [0, 0.05) is 5.69 Å². The molecule has 0 unspecified atom stereocenters. The average Bonchev–Trinajstić information content (AvgIpc) is 2.56. The molecule has 0 saturated heterocycles. The second-order valence-corrected chi connectivity index (χ2v) is 5.95. The van der Waals surface area contributed by atoms with Crippen LogP contribution in [-0.4, -0.2) is 18.5 Å². The molecule has 0 spiro atoms. The van der Waals surface area contributed by atoms with E-state index < -0.39 is 5.97 Å². The highest BCUT2D eigenvalue weighted by Gasteiger charge is 2.12. The summed E-state index contributed by atoms with van der Waals surface area (Å²) < 4.78 is 5.09. The number of hydrogen-bond donors (Lipinski definition) is 1. The minimum atomic E-state index is -0.495. The zero-order valence-corrected chi connectivity index (χ0v) is 14.6. The lowest BCUT2D eigenvalue weighted by atomic mass is 10.1. The fraction of sp³-hybridized carbons (Fsp3) is 0.300. The fourth-order valence-electron chi connectivity index (χ4n) is 2.64. The lowest BCUT2D eigenvalue weighted by Gasteiger charge is -2.13. The van der Waals surface area contributed by atoms with E-state index in [0.29, 0.717) is 5.56 Å². The molecule has 126 valence electrons. The molecule has 0 atom stereocenters. The minimum Gasteiger partial charge on any atom is -0.452 e. The van der Waals surface area contributed by atoms with Crippen LogP contribution >= 0.6 is 0 Å². The van der Waals surface area contributed by atoms with Crippen LogP contribution in [0.2, 0.25) is 0 Å². The molecule has 2 rings (SSSR count). The van der Waals surface area contributed by atoms with Gasteiger partial charge in [-0.2, -0.15) is 0 Å². The van der Waals surface area contributed by atoms with Gasteiger partial charge in [-0.3, -0.25) is 4.79 Å². The standard InChI is InChI=1S/C20H23NO3/c1-5-16-6-8-17(9-7-16)20(23)24-12-18(22)21-19-14(3)10-13(2)11-15(19)4/h6-11H,5,12H2,1-4H3,(H,21,22).